The van der Waals surface area contributed by atoms with Crippen LogP contribution in [0.3, 0.4) is 0 Å². The third kappa shape index (κ3) is 5.90. The van der Waals surface area contributed by atoms with E-state index >= 15 is 0 Å². The number of aliphatic hydroxyl groups excluding tert-OH is 1. The smallest absolute Gasteiger partial charge is 0.295 e. The van der Waals surface area contributed by atoms with Crippen molar-refractivity contribution in [2.75, 3.05) is 39.9 Å². The first-order chi connectivity index (χ1) is 17.4. The predicted octanol–water partition coefficient (Wildman–Crippen LogP) is 4.95. The highest BCUT2D eigenvalue weighted by molar-refractivity contribution is 6.46. The largest absolute Gasteiger partial charge is 0.507 e. The Labute approximate surface area is 214 Å². The average molecular weight is 495 g/mol. The molecule has 0 bridgehead atoms. The van der Waals surface area contributed by atoms with Gasteiger partial charge in [-0.3, -0.25) is 9.59 Å². The highest BCUT2D eigenvalue weighted by Gasteiger charge is 2.46. The molecule has 1 amide bonds. The molecule has 0 aromatic heterocycles. The number of likely N-dealkylation sites (tertiary alicyclic amines) is 1. The van der Waals surface area contributed by atoms with Crippen molar-refractivity contribution in [1.82, 2.24) is 9.80 Å². The van der Waals surface area contributed by atoms with E-state index in [4.69, 9.17) is 9.47 Å². The Balaban J connectivity index is 2.04. The molecule has 1 saturated heterocycles. The van der Waals surface area contributed by atoms with Crippen LogP contribution in [-0.2, 0) is 9.59 Å². The Morgan fingerprint density at radius 2 is 1.75 bits per heavy atom. The number of aryl methyl sites for hydroxylation is 1. The molecule has 194 valence electrons. The van der Waals surface area contributed by atoms with Crippen LogP contribution in [0, 0.1) is 6.92 Å². The van der Waals surface area contributed by atoms with E-state index in [2.05, 4.69) is 25.7 Å². The summed E-state index contributed by atoms with van der Waals surface area (Å²) in [6.45, 7) is 11.5. The molecule has 7 heteroatoms. The number of carbonyl (C=O) groups excluding carboxylic acids is 2. The summed E-state index contributed by atoms with van der Waals surface area (Å²) in [5.41, 5.74) is 2.15. The number of benzene rings is 2. The van der Waals surface area contributed by atoms with Gasteiger partial charge in [-0.2, -0.15) is 0 Å². The summed E-state index contributed by atoms with van der Waals surface area (Å²) < 4.78 is 11.1. The van der Waals surface area contributed by atoms with Gasteiger partial charge in [-0.15, -0.1) is 0 Å². The standard InChI is InChI=1S/C29H38N2O5/c1-6-9-18-36-23-13-10-21(11-14-23)26-25(27(32)22-12-15-24(35-5)20(4)19-22)28(33)29(34)31(26)17-16-30(7-2)8-3/h10-15,19,26,32H,6-9,16-18H2,1-5H3/b27-25+. The van der Waals surface area contributed by atoms with Gasteiger partial charge < -0.3 is 24.4 Å². The lowest BCUT2D eigenvalue weighted by molar-refractivity contribution is -0.140. The van der Waals surface area contributed by atoms with Crippen LogP contribution in [0.25, 0.3) is 5.76 Å². The molecule has 1 N–H and O–H groups in total. The van der Waals surface area contributed by atoms with Crippen LogP contribution in [0.15, 0.2) is 48.0 Å². The number of hydrogen-bond donors (Lipinski definition) is 1. The minimum absolute atomic E-state index is 0.101. The molecule has 36 heavy (non-hydrogen) atoms. The molecule has 1 aliphatic rings. The third-order valence-corrected chi connectivity index (χ3v) is 6.72. The number of rotatable bonds is 12. The zero-order valence-electron chi connectivity index (χ0n) is 22.0. The predicted molar refractivity (Wildman–Crippen MR) is 141 cm³/mol. The molecule has 1 fully saturated rings. The zero-order chi connectivity index (χ0) is 26.2. The van der Waals surface area contributed by atoms with Gasteiger partial charge in [0.1, 0.15) is 17.3 Å². The van der Waals surface area contributed by atoms with Crippen molar-refractivity contribution in [3.63, 3.8) is 0 Å². The molecule has 3 rings (SSSR count). The van der Waals surface area contributed by atoms with Gasteiger partial charge in [0.25, 0.3) is 11.7 Å². The number of carbonyl (C=O) groups is 2. The Kier molecular flexibility index (Phi) is 9.53. The van der Waals surface area contributed by atoms with Gasteiger partial charge in [-0.1, -0.05) is 39.3 Å². The number of likely N-dealkylation sites (N-methyl/N-ethyl adjacent to an activating group) is 1. The third-order valence-electron chi connectivity index (χ3n) is 6.72. The molecule has 2 aromatic carbocycles. The molecule has 0 spiro atoms. The van der Waals surface area contributed by atoms with Gasteiger partial charge in [-0.05, 0) is 67.9 Å². The molecule has 1 atom stereocenters. The lowest BCUT2D eigenvalue weighted by Gasteiger charge is -2.28. The molecule has 2 aromatic rings. The number of ketones is 1. The molecule has 7 nitrogen and oxygen atoms in total. The van der Waals surface area contributed by atoms with E-state index in [1.54, 1.807) is 30.2 Å². The molecule has 0 saturated carbocycles. The van der Waals surface area contributed by atoms with E-state index in [0.29, 0.717) is 31.0 Å². The van der Waals surface area contributed by atoms with Gasteiger partial charge in [0.05, 0.1) is 25.3 Å². The zero-order valence-corrected chi connectivity index (χ0v) is 22.0. The number of aliphatic hydroxyl groups is 1. The van der Waals surface area contributed by atoms with Crippen LogP contribution in [0.1, 0.15) is 56.3 Å². The van der Waals surface area contributed by atoms with Gasteiger partial charge >= 0.3 is 0 Å². The fraction of sp³-hybridized carbons (Fsp3) is 0.448. The molecule has 0 aliphatic carbocycles. The highest BCUT2D eigenvalue weighted by atomic mass is 16.5. The minimum atomic E-state index is -0.687. The lowest BCUT2D eigenvalue weighted by Crippen LogP contribution is -2.38. The van der Waals surface area contributed by atoms with Gasteiger partial charge in [0.15, 0.2) is 0 Å². The first kappa shape index (κ1) is 27.3. The summed E-state index contributed by atoms with van der Waals surface area (Å²) in [6, 6.07) is 12.0. The van der Waals surface area contributed by atoms with E-state index < -0.39 is 17.7 Å². The highest BCUT2D eigenvalue weighted by Crippen LogP contribution is 2.40. The Hall–Kier alpha value is -3.32. The fourth-order valence-corrected chi connectivity index (χ4v) is 4.51. The van der Waals surface area contributed by atoms with E-state index in [1.165, 1.54) is 0 Å². The van der Waals surface area contributed by atoms with Crippen LogP contribution >= 0.6 is 0 Å². The number of hydrogen-bond acceptors (Lipinski definition) is 6. The number of ether oxygens (including phenoxy) is 2. The molecular weight excluding hydrogens is 456 g/mol. The summed E-state index contributed by atoms with van der Waals surface area (Å²) in [4.78, 5) is 30.3. The summed E-state index contributed by atoms with van der Waals surface area (Å²) in [7, 11) is 1.58. The number of unbranched alkanes of at least 4 members (excludes halogenated alkanes) is 1. The summed E-state index contributed by atoms with van der Waals surface area (Å²) in [5.74, 6) is -0.0341. The number of methoxy groups -OCH3 is 1. The lowest BCUT2D eigenvalue weighted by atomic mass is 9.94. The van der Waals surface area contributed by atoms with E-state index in [-0.39, 0.29) is 11.3 Å². The maximum atomic E-state index is 13.3. The van der Waals surface area contributed by atoms with Crippen molar-refractivity contribution < 1.29 is 24.2 Å². The summed E-state index contributed by atoms with van der Waals surface area (Å²) in [5, 5.41) is 11.3. The van der Waals surface area contributed by atoms with Crippen molar-refractivity contribution in [3.05, 3.63) is 64.7 Å². The Morgan fingerprint density at radius 1 is 1.06 bits per heavy atom. The van der Waals surface area contributed by atoms with Crippen molar-refractivity contribution >= 4 is 17.4 Å². The number of nitrogens with zero attached hydrogens (tertiary/aromatic N) is 2. The number of Topliss-reactive ketones (excluding diaryl/α,β-unsaturated/α-hetero) is 1. The fourth-order valence-electron chi connectivity index (χ4n) is 4.51. The maximum Gasteiger partial charge on any atom is 0.295 e. The van der Waals surface area contributed by atoms with Gasteiger partial charge in [-0.25, -0.2) is 0 Å². The normalized spacial score (nSPS) is 17.2. The van der Waals surface area contributed by atoms with Crippen LogP contribution in [0.4, 0.5) is 0 Å². The first-order valence-electron chi connectivity index (χ1n) is 12.7. The second-order valence-electron chi connectivity index (χ2n) is 8.97. The topological polar surface area (TPSA) is 79.3 Å². The van der Waals surface area contributed by atoms with Gasteiger partial charge in [0.2, 0.25) is 0 Å². The second kappa shape index (κ2) is 12.6. The molecular formula is C29H38N2O5. The Bertz CT molecular complexity index is 1090. The van der Waals surface area contributed by atoms with Crippen molar-refractivity contribution in [3.8, 4) is 11.5 Å². The van der Waals surface area contributed by atoms with Gasteiger partial charge in [0, 0.05) is 18.7 Å². The quantitative estimate of drug-likeness (QED) is 0.195. The SMILES string of the molecule is CCCCOc1ccc(C2/C(=C(\O)c3ccc(OC)c(C)c3)C(=O)C(=O)N2CCN(CC)CC)cc1. The van der Waals surface area contributed by atoms with E-state index in [9.17, 15) is 14.7 Å². The average Bonchev–Trinajstić information content (AvgIpc) is 3.14. The molecule has 1 aliphatic heterocycles. The minimum Gasteiger partial charge on any atom is -0.507 e. The summed E-state index contributed by atoms with van der Waals surface area (Å²) in [6.07, 6.45) is 2.01. The molecule has 1 unspecified atom stereocenters. The first-order valence-corrected chi connectivity index (χ1v) is 12.7. The monoisotopic (exact) mass is 494 g/mol. The summed E-state index contributed by atoms with van der Waals surface area (Å²) >= 11 is 0. The Morgan fingerprint density at radius 3 is 2.33 bits per heavy atom. The van der Waals surface area contributed by atoms with Crippen LogP contribution in [-0.4, -0.2) is 66.5 Å². The maximum absolute atomic E-state index is 13.3. The molecule has 0 radical (unpaired) electrons. The van der Waals surface area contributed by atoms with E-state index in [0.717, 1.165) is 42.8 Å². The number of amides is 1. The van der Waals surface area contributed by atoms with Crippen molar-refractivity contribution in [1.29, 1.82) is 0 Å². The van der Waals surface area contributed by atoms with E-state index in [1.807, 2.05) is 31.2 Å². The van der Waals surface area contributed by atoms with Crippen molar-refractivity contribution in [2.24, 2.45) is 0 Å². The van der Waals surface area contributed by atoms with Crippen LogP contribution < -0.4 is 9.47 Å². The molecule has 1 heterocycles. The van der Waals surface area contributed by atoms with Crippen LogP contribution in [0.2, 0.25) is 0 Å². The van der Waals surface area contributed by atoms with Crippen molar-refractivity contribution in [2.45, 2.75) is 46.6 Å². The van der Waals surface area contributed by atoms with Crippen LogP contribution in [0.5, 0.6) is 11.5 Å². The second-order valence-corrected chi connectivity index (χ2v) is 8.97.